The summed E-state index contributed by atoms with van der Waals surface area (Å²) in [6.07, 6.45) is 4.22. The van der Waals surface area contributed by atoms with Crippen LogP contribution < -0.4 is 5.32 Å². The van der Waals surface area contributed by atoms with Crippen LogP contribution >= 0.6 is 0 Å². The minimum atomic E-state index is -0.514. The van der Waals surface area contributed by atoms with Crippen molar-refractivity contribution in [2.24, 2.45) is 5.92 Å². The van der Waals surface area contributed by atoms with E-state index in [1.165, 1.54) is 25.9 Å². The smallest absolute Gasteiger partial charge is 0.0766 e. The molecule has 102 valence electrons. The second-order valence-electron chi connectivity index (χ2n) is 5.74. The van der Waals surface area contributed by atoms with Crippen molar-refractivity contribution in [3.05, 3.63) is 0 Å². The van der Waals surface area contributed by atoms with Gasteiger partial charge < -0.3 is 15.3 Å². The molecular formula is C14H30N2O. The minimum absolute atomic E-state index is 0.514. The molecule has 0 aromatic heterocycles. The molecule has 0 aromatic rings. The van der Waals surface area contributed by atoms with Crippen LogP contribution in [0.15, 0.2) is 0 Å². The van der Waals surface area contributed by atoms with Gasteiger partial charge in [0.15, 0.2) is 0 Å². The molecule has 0 amide bonds. The predicted octanol–water partition coefficient (Wildman–Crippen LogP) is 1.86. The van der Waals surface area contributed by atoms with Crippen molar-refractivity contribution in [3.63, 3.8) is 0 Å². The number of hydrogen-bond donors (Lipinski definition) is 2. The van der Waals surface area contributed by atoms with Crippen LogP contribution in [-0.4, -0.2) is 48.3 Å². The zero-order valence-corrected chi connectivity index (χ0v) is 12.0. The molecule has 1 atom stereocenters. The molecule has 1 unspecified atom stereocenters. The third kappa shape index (κ3) is 4.57. The van der Waals surface area contributed by atoms with Crippen LogP contribution in [0.25, 0.3) is 0 Å². The van der Waals surface area contributed by atoms with Gasteiger partial charge in [-0.3, -0.25) is 0 Å². The molecule has 0 bridgehead atoms. The first-order valence-electron chi connectivity index (χ1n) is 7.15. The fourth-order valence-electron chi connectivity index (χ4n) is 2.55. The van der Waals surface area contributed by atoms with Gasteiger partial charge in [-0.1, -0.05) is 13.8 Å². The molecule has 0 radical (unpaired) electrons. The molecule has 1 saturated heterocycles. The topological polar surface area (TPSA) is 35.5 Å². The van der Waals surface area contributed by atoms with E-state index in [-0.39, 0.29) is 0 Å². The summed E-state index contributed by atoms with van der Waals surface area (Å²) in [5, 5.41) is 13.8. The first-order valence-corrected chi connectivity index (χ1v) is 7.15. The highest BCUT2D eigenvalue weighted by Gasteiger charge is 2.26. The fraction of sp³-hybridized carbons (Fsp3) is 1.00. The monoisotopic (exact) mass is 242 g/mol. The van der Waals surface area contributed by atoms with E-state index in [0.29, 0.717) is 6.04 Å². The highest BCUT2D eigenvalue weighted by Crippen LogP contribution is 2.20. The number of nitrogens with zero attached hydrogens (tertiary/aromatic N) is 1. The Morgan fingerprint density at radius 1 is 1.29 bits per heavy atom. The largest absolute Gasteiger partial charge is 0.389 e. The summed E-state index contributed by atoms with van der Waals surface area (Å²) >= 11 is 0. The number of aliphatic hydroxyl groups is 1. The van der Waals surface area contributed by atoms with Gasteiger partial charge in [0.2, 0.25) is 0 Å². The predicted molar refractivity (Wildman–Crippen MR) is 73.2 cm³/mol. The summed E-state index contributed by atoms with van der Waals surface area (Å²) in [7, 11) is 2.20. The third-order valence-electron chi connectivity index (χ3n) is 4.54. The van der Waals surface area contributed by atoms with Crippen LogP contribution in [-0.2, 0) is 0 Å². The lowest BCUT2D eigenvalue weighted by Crippen LogP contribution is -2.47. The van der Waals surface area contributed by atoms with Crippen molar-refractivity contribution in [3.8, 4) is 0 Å². The Balaban J connectivity index is 2.31. The lowest BCUT2D eigenvalue weighted by atomic mass is 9.89. The summed E-state index contributed by atoms with van der Waals surface area (Å²) < 4.78 is 0. The van der Waals surface area contributed by atoms with E-state index in [4.69, 9.17) is 0 Å². The van der Waals surface area contributed by atoms with E-state index in [1.807, 2.05) is 0 Å². The van der Waals surface area contributed by atoms with Gasteiger partial charge in [0.05, 0.1) is 5.60 Å². The van der Waals surface area contributed by atoms with Gasteiger partial charge in [-0.15, -0.1) is 0 Å². The summed E-state index contributed by atoms with van der Waals surface area (Å²) in [6.45, 7) is 9.54. The zero-order chi connectivity index (χ0) is 12.9. The molecule has 1 fully saturated rings. The van der Waals surface area contributed by atoms with E-state index in [0.717, 1.165) is 25.3 Å². The standard InChI is InChI=1S/C14H30N2O/c1-5-14(17,6-2)11-15-12(3)13-7-9-16(4)10-8-13/h12-13,15,17H,5-11H2,1-4H3. The van der Waals surface area contributed by atoms with Gasteiger partial charge >= 0.3 is 0 Å². The van der Waals surface area contributed by atoms with E-state index < -0.39 is 5.60 Å². The highest BCUT2D eigenvalue weighted by atomic mass is 16.3. The number of rotatable bonds is 6. The molecule has 3 heteroatoms. The quantitative estimate of drug-likeness (QED) is 0.746. The Hall–Kier alpha value is -0.120. The molecule has 0 aliphatic carbocycles. The second kappa shape index (κ2) is 6.72. The highest BCUT2D eigenvalue weighted by molar-refractivity contribution is 4.83. The van der Waals surface area contributed by atoms with Crippen LogP contribution in [0.4, 0.5) is 0 Å². The van der Waals surface area contributed by atoms with Crippen molar-refractivity contribution in [1.82, 2.24) is 10.2 Å². The maximum atomic E-state index is 10.2. The molecule has 1 heterocycles. The SMILES string of the molecule is CCC(O)(CC)CNC(C)C1CCN(C)CC1. The first-order chi connectivity index (χ1) is 8.00. The summed E-state index contributed by atoms with van der Waals surface area (Å²) in [6, 6.07) is 0.522. The van der Waals surface area contributed by atoms with Crippen molar-refractivity contribution in [2.75, 3.05) is 26.7 Å². The van der Waals surface area contributed by atoms with E-state index >= 15 is 0 Å². The lowest BCUT2D eigenvalue weighted by Gasteiger charge is -2.35. The Labute approximate surface area is 107 Å². The molecule has 0 spiro atoms. The van der Waals surface area contributed by atoms with Gasteiger partial charge in [-0.25, -0.2) is 0 Å². The van der Waals surface area contributed by atoms with E-state index in [9.17, 15) is 5.11 Å². The number of hydrogen-bond acceptors (Lipinski definition) is 3. The van der Waals surface area contributed by atoms with Crippen molar-refractivity contribution in [2.45, 2.75) is 58.1 Å². The van der Waals surface area contributed by atoms with Crippen LogP contribution in [0.2, 0.25) is 0 Å². The molecule has 0 aromatic carbocycles. The summed E-state index contributed by atoms with van der Waals surface area (Å²) in [5.74, 6) is 0.768. The van der Waals surface area contributed by atoms with Crippen molar-refractivity contribution < 1.29 is 5.11 Å². The number of nitrogens with one attached hydrogen (secondary N) is 1. The zero-order valence-electron chi connectivity index (χ0n) is 12.0. The van der Waals surface area contributed by atoms with Gasteiger partial charge in [0.1, 0.15) is 0 Å². The molecule has 3 nitrogen and oxygen atoms in total. The van der Waals surface area contributed by atoms with Crippen molar-refractivity contribution >= 4 is 0 Å². The van der Waals surface area contributed by atoms with Crippen LogP contribution in [0, 0.1) is 5.92 Å². The summed E-state index contributed by atoms with van der Waals surface area (Å²) in [4.78, 5) is 2.40. The molecule has 0 saturated carbocycles. The fourth-order valence-corrected chi connectivity index (χ4v) is 2.55. The average Bonchev–Trinajstić information content (AvgIpc) is 2.36. The van der Waals surface area contributed by atoms with Gasteiger partial charge in [0, 0.05) is 12.6 Å². The Morgan fingerprint density at radius 2 is 1.82 bits per heavy atom. The van der Waals surface area contributed by atoms with Gasteiger partial charge in [0.25, 0.3) is 0 Å². The average molecular weight is 242 g/mol. The number of piperidine rings is 1. The lowest BCUT2D eigenvalue weighted by molar-refractivity contribution is 0.0270. The van der Waals surface area contributed by atoms with Crippen LogP contribution in [0.1, 0.15) is 46.5 Å². The first kappa shape index (κ1) is 14.9. The molecule has 1 rings (SSSR count). The molecular weight excluding hydrogens is 212 g/mol. The third-order valence-corrected chi connectivity index (χ3v) is 4.54. The Morgan fingerprint density at radius 3 is 2.29 bits per heavy atom. The van der Waals surface area contributed by atoms with E-state index in [2.05, 4.69) is 38.0 Å². The van der Waals surface area contributed by atoms with Gasteiger partial charge in [-0.05, 0) is 58.7 Å². The van der Waals surface area contributed by atoms with Crippen molar-refractivity contribution in [1.29, 1.82) is 0 Å². The Kier molecular flexibility index (Phi) is 5.90. The van der Waals surface area contributed by atoms with Gasteiger partial charge in [-0.2, -0.15) is 0 Å². The Bertz CT molecular complexity index is 208. The minimum Gasteiger partial charge on any atom is -0.389 e. The molecule has 1 aliphatic heterocycles. The van der Waals surface area contributed by atoms with Crippen LogP contribution in [0.5, 0.6) is 0 Å². The molecule has 2 N–H and O–H groups in total. The summed E-state index contributed by atoms with van der Waals surface area (Å²) in [5.41, 5.74) is -0.514. The maximum absolute atomic E-state index is 10.2. The second-order valence-corrected chi connectivity index (χ2v) is 5.74. The number of likely N-dealkylation sites (tertiary alicyclic amines) is 1. The van der Waals surface area contributed by atoms with Crippen LogP contribution in [0.3, 0.4) is 0 Å². The maximum Gasteiger partial charge on any atom is 0.0766 e. The van der Waals surface area contributed by atoms with E-state index in [1.54, 1.807) is 0 Å². The normalized spacial score (nSPS) is 21.7. The molecule has 17 heavy (non-hydrogen) atoms. The molecule has 1 aliphatic rings.